The van der Waals surface area contributed by atoms with Crippen LogP contribution in [0.15, 0.2) is 35.0 Å². The Morgan fingerprint density at radius 3 is 2.67 bits per heavy atom. The van der Waals surface area contributed by atoms with Crippen LogP contribution in [0.3, 0.4) is 0 Å². The van der Waals surface area contributed by atoms with Gasteiger partial charge in [-0.1, -0.05) is 0 Å². The predicted molar refractivity (Wildman–Crippen MR) is 80.0 cm³/mol. The van der Waals surface area contributed by atoms with Crippen molar-refractivity contribution in [1.29, 1.82) is 0 Å². The van der Waals surface area contributed by atoms with Gasteiger partial charge in [-0.15, -0.1) is 0 Å². The van der Waals surface area contributed by atoms with Gasteiger partial charge in [0.15, 0.2) is 0 Å². The van der Waals surface area contributed by atoms with Gasteiger partial charge in [-0.25, -0.2) is 9.59 Å². The Hall–Kier alpha value is -2.54. The number of amides is 2. The minimum absolute atomic E-state index is 0.160. The largest absolute Gasteiger partial charge is 0.507 e. The molecule has 21 heavy (non-hydrogen) atoms. The fraction of sp³-hybridized carbons (Fsp3) is 0.143. The molecular formula is C14H14N2O4S. The van der Waals surface area contributed by atoms with Gasteiger partial charge >= 0.3 is 12.0 Å². The number of benzene rings is 1. The van der Waals surface area contributed by atoms with E-state index in [1.165, 1.54) is 18.2 Å². The maximum atomic E-state index is 11.9. The molecule has 110 valence electrons. The van der Waals surface area contributed by atoms with Crippen molar-refractivity contribution in [2.45, 2.75) is 13.0 Å². The molecule has 0 aliphatic rings. The quantitative estimate of drug-likeness (QED) is 0.652. The predicted octanol–water partition coefficient (Wildman–Crippen LogP) is 3.03. The van der Waals surface area contributed by atoms with Crippen molar-refractivity contribution in [3.05, 3.63) is 46.2 Å². The number of nitrogens with one attached hydrogen (secondary N) is 2. The van der Waals surface area contributed by atoms with Gasteiger partial charge in [0.25, 0.3) is 0 Å². The van der Waals surface area contributed by atoms with E-state index in [0.29, 0.717) is 5.69 Å². The number of urea groups is 1. The third kappa shape index (κ3) is 3.73. The Morgan fingerprint density at radius 2 is 2.05 bits per heavy atom. The van der Waals surface area contributed by atoms with E-state index >= 15 is 0 Å². The highest BCUT2D eigenvalue weighted by molar-refractivity contribution is 7.07. The minimum Gasteiger partial charge on any atom is -0.507 e. The number of carboxylic acid groups (broad SMARTS) is 1. The summed E-state index contributed by atoms with van der Waals surface area (Å²) in [6, 6.07) is 5.16. The summed E-state index contributed by atoms with van der Waals surface area (Å²) < 4.78 is 0. The fourth-order valence-corrected chi connectivity index (χ4v) is 2.51. The van der Waals surface area contributed by atoms with Crippen molar-refractivity contribution in [2.75, 3.05) is 5.32 Å². The molecule has 0 aliphatic heterocycles. The number of carboxylic acids is 1. The number of aromatic carboxylic acids is 1. The van der Waals surface area contributed by atoms with Crippen LogP contribution in [0, 0.1) is 0 Å². The second-order valence-corrected chi connectivity index (χ2v) is 5.19. The Labute approximate surface area is 125 Å². The number of aromatic hydroxyl groups is 1. The van der Waals surface area contributed by atoms with Crippen molar-refractivity contribution >= 4 is 29.0 Å². The van der Waals surface area contributed by atoms with E-state index in [-0.39, 0.29) is 17.4 Å². The van der Waals surface area contributed by atoms with Crippen LogP contribution < -0.4 is 10.6 Å². The van der Waals surface area contributed by atoms with Gasteiger partial charge < -0.3 is 20.8 Å². The van der Waals surface area contributed by atoms with Crippen LogP contribution in [-0.4, -0.2) is 22.2 Å². The normalized spacial score (nSPS) is 11.7. The smallest absolute Gasteiger partial charge is 0.339 e. The summed E-state index contributed by atoms with van der Waals surface area (Å²) in [7, 11) is 0. The SMILES string of the molecule is CC(NC(=O)Nc1ccc(O)c(C(=O)O)c1)c1ccsc1. The van der Waals surface area contributed by atoms with E-state index in [0.717, 1.165) is 5.56 Å². The van der Waals surface area contributed by atoms with Crippen LogP contribution in [0.4, 0.5) is 10.5 Å². The number of phenols is 1. The van der Waals surface area contributed by atoms with Crippen molar-refractivity contribution in [2.24, 2.45) is 0 Å². The summed E-state index contributed by atoms with van der Waals surface area (Å²) >= 11 is 1.54. The molecule has 1 aromatic carbocycles. The number of anilines is 1. The first-order chi connectivity index (χ1) is 9.97. The molecule has 0 bridgehead atoms. The lowest BCUT2D eigenvalue weighted by Gasteiger charge is -2.14. The highest BCUT2D eigenvalue weighted by Crippen LogP contribution is 2.21. The maximum Gasteiger partial charge on any atom is 0.339 e. The molecule has 1 atom stereocenters. The van der Waals surface area contributed by atoms with E-state index in [1.807, 2.05) is 23.8 Å². The van der Waals surface area contributed by atoms with Crippen LogP contribution >= 0.6 is 11.3 Å². The van der Waals surface area contributed by atoms with Crippen molar-refractivity contribution in [3.8, 4) is 5.75 Å². The molecule has 0 saturated carbocycles. The summed E-state index contributed by atoms with van der Waals surface area (Å²) in [6.45, 7) is 1.85. The molecule has 6 nitrogen and oxygen atoms in total. The Kier molecular flexibility index (Phi) is 4.44. The van der Waals surface area contributed by atoms with Crippen molar-refractivity contribution < 1.29 is 19.8 Å². The first kappa shape index (κ1) is 14.9. The van der Waals surface area contributed by atoms with Gasteiger partial charge in [0.2, 0.25) is 0 Å². The highest BCUT2D eigenvalue weighted by Gasteiger charge is 2.13. The van der Waals surface area contributed by atoms with Gasteiger partial charge in [-0.05, 0) is 47.5 Å². The topological polar surface area (TPSA) is 98.7 Å². The van der Waals surface area contributed by atoms with E-state index in [9.17, 15) is 14.7 Å². The molecule has 0 radical (unpaired) electrons. The molecule has 1 aromatic heterocycles. The maximum absolute atomic E-state index is 11.9. The Bertz CT molecular complexity index is 655. The molecule has 0 aliphatic carbocycles. The van der Waals surface area contributed by atoms with E-state index in [1.54, 1.807) is 11.3 Å². The van der Waals surface area contributed by atoms with E-state index < -0.39 is 12.0 Å². The molecular weight excluding hydrogens is 292 g/mol. The number of carbonyl (C=O) groups excluding carboxylic acids is 1. The molecule has 2 amide bonds. The molecule has 1 unspecified atom stereocenters. The zero-order valence-corrected chi connectivity index (χ0v) is 12.0. The molecule has 1 heterocycles. The molecule has 0 saturated heterocycles. The zero-order valence-electron chi connectivity index (χ0n) is 11.2. The van der Waals surface area contributed by atoms with Gasteiger partial charge in [0.05, 0.1) is 6.04 Å². The summed E-state index contributed by atoms with van der Waals surface area (Å²) in [5.41, 5.74) is 1.02. The van der Waals surface area contributed by atoms with Crippen LogP contribution in [0.2, 0.25) is 0 Å². The zero-order chi connectivity index (χ0) is 15.4. The molecule has 2 aromatic rings. The highest BCUT2D eigenvalue weighted by atomic mass is 32.1. The lowest BCUT2D eigenvalue weighted by Crippen LogP contribution is -2.31. The molecule has 7 heteroatoms. The molecule has 2 rings (SSSR count). The summed E-state index contributed by atoms with van der Waals surface area (Å²) in [5.74, 6) is -1.61. The summed E-state index contributed by atoms with van der Waals surface area (Å²) in [5, 5.41) is 27.4. The van der Waals surface area contributed by atoms with Crippen LogP contribution in [0.25, 0.3) is 0 Å². The Balaban J connectivity index is 2.03. The average molecular weight is 306 g/mol. The average Bonchev–Trinajstić information content (AvgIpc) is 2.94. The van der Waals surface area contributed by atoms with Gasteiger partial charge in [0.1, 0.15) is 11.3 Å². The number of rotatable bonds is 4. The monoisotopic (exact) mass is 306 g/mol. The third-order valence-electron chi connectivity index (χ3n) is 2.88. The molecule has 0 spiro atoms. The van der Waals surface area contributed by atoms with Crippen molar-refractivity contribution in [1.82, 2.24) is 5.32 Å². The fourth-order valence-electron chi connectivity index (χ4n) is 1.75. The summed E-state index contributed by atoms with van der Waals surface area (Å²) in [6.07, 6.45) is 0. The first-order valence-corrected chi connectivity index (χ1v) is 7.07. The van der Waals surface area contributed by atoms with Crippen LogP contribution in [-0.2, 0) is 0 Å². The van der Waals surface area contributed by atoms with Gasteiger partial charge in [-0.3, -0.25) is 0 Å². The third-order valence-corrected chi connectivity index (χ3v) is 3.58. The first-order valence-electron chi connectivity index (χ1n) is 6.13. The number of hydrogen-bond acceptors (Lipinski definition) is 4. The van der Waals surface area contributed by atoms with Gasteiger partial charge in [0, 0.05) is 5.69 Å². The second kappa shape index (κ2) is 6.27. The standard InChI is InChI=1S/C14H14N2O4S/c1-8(9-4-5-21-7-9)15-14(20)16-10-2-3-12(17)11(6-10)13(18)19/h2-8,17H,1H3,(H,18,19)(H2,15,16,20). The second-order valence-electron chi connectivity index (χ2n) is 4.41. The lowest BCUT2D eigenvalue weighted by molar-refractivity contribution is 0.0693. The lowest BCUT2D eigenvalue weighted by atomic mass is 10.1. The number of hydrogen-bond donors (Lipinski definition) is 4. The minimum atomic E-state index is -1.26. The molecule has 4 N–H and O–H groups in total. The van der Waals surface area contributed by atoms with Crippen LogP contribution in [0.5, 0.6) is 5.75 Å². The van der Waals surface area contributed by atoms with Crippen LogP contribution in [0.1, 0.15) is 28.9 Å². The number of thiophene rings is 1. The van der Waals surface area contributed by atoms with E-state index in [2.05, 4.69) is 10.6 Å². The Morgan fingerprint density at radius 1 is 1.29 bits per heavy atom. The summed E-state index contributed by atoms with van der Waals surface area (Å²) in [4.78, 5) is 22.8. The van der Waals surface area contributed by atoms with Gasteiger partial charge in [-0.2, -0.15) is 11.3 Å². The van der Waals surface area contributed by atoms with E-state index in [4.69, 9.17) is 5.11 Å². The molecule has 0 fully saturated rings. The number of carbonyl (C=O) groups is 2. The van der Waals surface area contributed by atoms with Crippen molar-refractivity contribution in [3.63, 3.8) is 0 Å².